The highest BCUT2D eigenvalue weighted by atomic mass is 14.2. The minimum absolute atomic E-state index is 0.838. The fourth-order valence-corrected chi connectivity index (χ4v) is 3.14. The first kappa shape index (κ1) is 8.20. The maximum atomic E-state index is 3.70. The van der Waals surface area contributed by atoms with Crippen LogP contribution in [0.25, 0.3) is 0 Å². The highest BCUT2D eigenvalue weighted by Crippen LogP contribution is 2.46. The molecule has 12 heavy (non-hydrogen) atoms. The molecule has 0 aromatic carbocycles. The molecule has 64 valence electrons. The summed E-state index contributed by atoms with van der Waals surface area (Å²) in [4.78, 5) is 0. The molecule has 2 rings (SSSR count). The molecule has 0 saturated carbocycles. The summed E-state index contributed by atoms with van der Waals surface area (Å²) >= 11 is 0. The number of fused-ring (bicyclic) bond motifs is 2. The molecule has 2 heterocycles. The largest absolute Gasteiger partial charge is 0.182 e. The van der Waals surface area contributed by atoms with Crippen LogP contribution in [0.5, 0.6) is 0 Å². The van der Waals surface area contributed by atoms with Crippen LogP contribution in [0.2, 0.25) is 11.6 Å². The molecule has 2 bridgehead atoms. The average molecular weight is 160 g/mol. The van der Waals surface area contributed by atoms with Gasteiger partial charge in [0.25, 0.3) is 0 Å². The zero-order chi connectivity index (χ0) is 8.39. The van der Waals surface area contributed by atoms with E-state index in [1.807, 2.05) is 0 Å². The van der Waals surface area contributed by atoms with Crippen LogP contribution >= 0.6 is 0 Å². The third kappa shape index (κ3) is 1.38. The van der Waals surface area contributed by atoms with Gasteiger partial charge >= 0.3 is 0 Å². The Kier molecular flexibility index (Phi) is 2.41. The normalized spacial score (nSPS) is 34.2. The maximum absolute atomic E-state index is 3.70. The SMILES string of the molecule is C=C=CB1C2CCCC1CCC2. The average Bonchev–Trinajstić information content (AvgIpc) is 2.04. The highest BCUT2D eigenvalue weighted by Gasteiger charge is 2.37. The molecule has 0 radical (unpaired) electrons. The summed E-state index contributed by atoms with van der Waals surface area (Å²) in [5.41, 5.74) is 2.99. The first-order chi connectivity index (χ1) is 5.92. The Morgan fingerprint density at radius 2 is 1.58 bits per heavy atom. The van der Waals surface area contributed by atoms with Gasteiger partial charge in [-0.1, -0.05) is 62.7 Å². The first-order valence-electron chi connectivity index (χ1n) is 5.28. The molecule has 0 spiro atoms. The minimum atomic E-state index is 0.838. The highest BCUT2D eigenvalue weighted by molar-refractivity contribution is 6.67. The van der Waals surface area contributed by atoms with Crippen LogP contribution in [0.1, 0.15) is 38.5 Å². The van der Waals surface area contributed by atoms with E-state index < -0.39 is 0 Å². The summed E-state index contributed by atoms with van der Waals surface area (Å²) in [7, 11) is 0. The van der Waals surface area contributed by atoms with Crippen LogP contribution in [-0.4, -0.2) is 6.71 Å². The van der Waals surface area contributed by atoms with Crippen molar-refractivity contribution >= 4 is 6.71 Å². The summed E-state index contributed by atoms with van der Waals surface area (Å²) in [5.74, 6) is 4.20. The van der Waals surface area contributed by atoms with Gasteiger partial charge in [0.1, 0.15) is 0 Å². The summed E-state index contributed by atoms with van der Waals surface area (Å²) < 4.78 is 0. The summed E-state index contributed by atoms with van der Waals surface area (Å²) in [5, 5.41) is 0. The molecule has 0 atom stereocenters. The van der Waals surface area contributed by atoms with Gasteiger partial charge in [-0.15, -0.1) is 5.73 Å². The fraction of sp³-hybridized carbons (Fsp3) is 0.727. The van der Waals surface area contributed by atoms with E-state index in [0.717, 1.165) is 18.3 Å². The van der Waals surface area contributed by atoms with Crippen molar-refractivity contribution in [2.24, 2.45) is 0 Å². The zero-order valence-corrected chi connectivity index (χ0v) is 7.76. The standard InChI is InChI=1S/C11H17B/c1-2-9-12-10-5-3-6-11(12)8-4-7-10/h9-11H,1,3-8H2. The van der Waals surface area contributed by atoms with E-state index in [2.05, 4.69) is 18.3 Å². The van der Waals surface area contributed by atoms with Crippen LogP contribution in [0.4, 0.5) is 0 Å². The van der Waals surface area contributed by atoms with Crippen molar-refractivity contribution in [3.63, 3.8) is 0 Å². The van der Waals surface area contributed by atoms with Crippen molar-refractivity contribution in [3.05, 3.63) is 18.3 Å². The van der Waals surface area contributed by atoms with E-state index >= 15 is 0 Å². The van der Waals surface area contributed by atoms with Gasteiger partial charge in [-0.25, -0.2) is 0 Å². The van der Waals surface area contributed by atoms with Crippen molar-refractivity contribution < 1.29 is 0 Å². The molecule has 1 heteroatoms. The van der Waals surface area contributed by atoms with Gasteiger partial charge in [0, 0.05) is 0 Å². The second kappa shape index (κ2) is 3.54. The van der Waals surface area contributed by atoms with Gasteiger partial charge in [0.15, 0.2) is 6.71 Å². The lowest BCUT2D eigenvalue weighted by Gasteiger charge is -2.38. The molecular formula is C11H17B. The number of rotatable bonds is 1. The van der Waals surface area contributed by atoms with Crippen molar-refractivity contribution in [2.45, 2.75) is 50.2 Å². The Morgan fingerprint density at radius 1 is 1.08 bits per heavy atom. The lowest BCUT2D eigenvalue weighted by atomic mass is 9.27. The smallest absolute Gasteiger partial charge is 0.143 e. The van der Waals surface area contributed by atoms with E-state index in [4.69, 9.17) is 0 Å². The van der Waals surface area contributed by atoms with Crippen LogP contribution in [0, 0.1) is 0 Å². The van der Waals surface area contributed by atoms with Crippen molar-refractivity contribution in [2.75, 3.05) is 0 Å². The lowest BCUT2D eigenvalue weighted by molar-refractivity contribution is 0.447. The Labute approximate surface area is 75.8 Å². The van der Waals surface area contributed by atoms with Gasteiger partial charge in [-0.05, 0) is 0 Å². The Morgan fingerprint density at radius 3 is 2.00 bits per heavy atom. The van der Waals surface area contributed by atoms with E-state index in [1.54, 1.807) is 0 Å². The van der Waals surface area contributed by atoms with Crippen LogP contribution in [0.3, 0.4) is 0 Å². The second-order valence-electron chi connectivity index (χ2n) is 4.33. The molecule has 0 amide bonds. The number of hydrogen-bond acceptors (Lipinski definition) is 0. The van der Waals surface area contributed by atoms with Gasteiger partial charge < -0.3 is 0 Å². The van der Waals surface area contributed by atoms with Crippen LogP contribution in [-0.2, 0) is 0 Å². The van der Waals surface area contributed by atoms with Crippen molar-refractivity contribution in [1.29, 1.82) is 0 Å². The summed E-state index contributed by atoms with van der Waals surface area (Å²) in [6, 6.07) is 0. The topological polar surface area (TPSA) is 0 Å². The van der Waals surface area contributed by atoms with Crippen molar-refractivity contribution in [1.82, 2.24) is 0 Å². The predicted octanol–water partition coefficient (Wildman–Crippen LogP) is 3.47. The quantitative estimate of drug-likeness (QED) is 0.407. The maximum Gasteiger partial charge on any atom is 0.182 e. The molecule has 0 aliphatic carbocycles. The zero-order valence-electron chi connectivity index (χ0n) is 7.76. The molecule has 2 aliphatic heterocycles. The third-order valence-corrected chi connectivity index (χ3v) is 3.70. The van der Waals surface area contributed by atoms with Gasteiger partial charge in [-0.2, -0.15) is 0 Å². The fourth-order valence-electron chi connectivity index (χ4n) is 3.14. The van der Waals surface area contributed by atoms with E-state index in [-0.39, 0.29) is 0 Å². The summed E-state index contributed by atoms with van der Waals surface area (Å²) in [6.45, 7) is 4.54. The molecule has 0 nitrogen and oxygen atoms in total. The van der Waals surface area contributed by atoms with E-state index in [9.17, 15) is 0 Å². The predicted molar refractivity (Wildman–Crippen MR) is 54.7 cm³/mol. The van der Waals surface area contributed by atoms with E-state index in [0.29, 0.717) is 0 Å². The van der Waals surface area contributed by atoms with Crippen LogP contribution < -0.4 is 0 Å². The molecule has 2 aliphatic rings. The van der Waals surface area contributed by atoms with Gasteiger partial charge in [0.05, 0.1) is 0 Å². The molecule has 0 N–H and O–H groups in total. The Hall–Kier alpha value is -0.415. The summed E-state index contributed by atoms with van der Waals surface area (Å²) in [6.07, 6.45) is 8.77. The molecule has 0 aromatic heterocycles. The molecule has 0 aromatic rings. The van der Waals surface area contributed by atoms with Gasteiger partial charge in [-0.3, -0.25) is 0 Å². The molecule has 2 fully saturated rings. The van der Waals surface area contributed by atoms with Gasteiger partial charge in [0.2, 0.25) is 0 Å². The van der Waals surface area contributed by atoms with E-state index in [1.165, 1.54) is 38.5 Å². The van der Waals surface area contributed by atoms with Crippen molar-refractivity contribution in [3.8, 4) is 0 Å². The van der Waals surface area contributed by atoms with Crippen LogP contribution in [0.15, 0.2) is 18.3 Å². The lowest BCUT2D eigenvalue weighted by Crippen LogP contribution is -2.32. The number of hydrogen-bond donors (Lipinski definition) is 0. The molecule has 0 unspecified atom stereocenters. The third-order valence-electron chi connectivity index (χ3n) is 3.70. The first-order valence-corrected chi connectivity index (χ1v) is 5.28. The monoisotopic (exact) mass is 160 g/mol. The Bertz CT molecular complexity index is 181. The Balaban J connectivity index is 2.13. The second-order valence-corrected chi connectivity index (χ2v) is 4.33. The molecule has 2 saturated heterocycles. The molecular weight excluding hydrogens is 143 g/mol. The minimum Gasteiger partial charge on any atom is -0.143 e.